The minimum Gasteiger partial charge on any atom is -0.480 e. The van der Waals surface area contributed by atoms with Crippen LogP contribution in [0.2, 0.25) is 0 Å². The van der Waals surface area contributed by atoms with Crippen LogP contribution in [0.25, 0.3) is 0 Å². The van der Waals surface area contributed by atoms with Gasteiger partial charge in [0.1, 0.15) is 5.75 Å². The van der Waals surface area contributed by atoms with Crippen LogP contribution in [0, 0.1) is 6.92 Å². The molecule has 0 N–H and O–H groups in total. The largest absolute Gasteiger partial charge is 0.480 e. The van der Waals surface area contributed by atoms with Crippen LogP contribution in [0.4, 0.5) is 5.69 Å². The Hall–Kier alpha value is -2.29. The van der Waals surface area contributed by atoms with Gasteiger partial charge in [-0.2, -0.15) is 0 Å². The van der Waals surface area contributed by atoms with E-state index in [0.717, 1.165) is 36.4 Å². The molecule has 22 heavy (non-hydrogen) atoms. The number of benzene rings is 2. The third-order valence-electron chi connectivity index (χ3n) is 4.61. The van der Waals surface area contributed by atoms with Crippen molar-refractivity contribution < 1.29 is 9.53 Å². The molecule has 1 amide bonds. The van der Waals surface area contributed by atoms with Gasteiger partial charge in [0.25, 0.3) is 5.91 Å². The second kappa shape index (κ2) is 5.16. The SMILES string of the molecule is Cc1cccc2c1N(C(=O)C1Cc3ccccc3O1)CCC2. The van der Waals surface area contributed by atoms with Gasteiger partial charge in [0.15, 0.2) is 6.10 Å². The van der Waals surface area contributed by atoms with Crippen molar-refractivity contribution in [1.82, 2.24) is 0 Å². The number of fused-ring (bicyclic) bond motifs is 2. The molecular formula is C19H19NO2. The average Bonchev–Trinajstić information content (AvgIpc) is 2.98. The lowest BCUT2D eigenvalue weighted by Gasteiger charge is -2.32. The predicted molar refractivity (Wildman–Crippen MR) is 86.4 cm³/mol. The number of nitrogens with zero attached hydrogens (tertiary/aromatic N) is 1. The summed E-state index contributed by atoms with van der Waals surface area (Å²) in [5.74, 6) is 0.939. The fraction of sp³-hybridized carbons (Fsp3) is 0.316. The molecule has 0 fully saturated rings. The van der Waals surface area contributed by atoms with Crippen LogP contribution in [-0.4, -0.2) is 18.6 Å². The van der Waals surface area contributed by atoms with Crippen LogP contribution in [0.1, 0.15) is 23.1 Å². The fourth-order valence-corrected chi connectivity index (χ4v) is 3.56. The maximum absolute atomic E-state index is 13.0. The van der Waals surface area contributed by atoms with Crippen molar-refractivity contribution in [3.63, 3.8) is 0 Å². The molecule has 0 saturated heterocycles. The zero-order valence-corrected chi connectivity index (χ0v) is 12.7. The number of hydrogen-bond donors (Lipinski definition) is 0. The molecular weight excluding hydrogens is 274 g/mol. The molecule has 3 heteroatoms. The molecule has 0 radical (unpaired) electrons. The van der Waals surface area contributed by atoms with Crippen LogP contribution < -0.4 is 9.64 Å². The predicted octanol–water partition coefficient (Wildman–Crippen LogP) is 3.28. The van der Waals surface area contributed by atoms with E-state index in [9.17, 15) is 4.79 Å². The molecule has 1 unspecified atom stereocenters. The Labute approximate surface area is 130 Å². The van der Waals surface area contributed by atoms with E-state index in [1.165, 1.54) is 11.1 Å². The lowest BCUT2D eigenvalue weighted by molar-refractivity contribution is -0.124. The van der Waals surface area contributed by atoms with E-state index >= 15 is 0 Å². The average molecular weight is 293 g/mol. The first-order valence-electron chi connectivity index (χ1n) is 7.88. The highest BCUT2D eigenvalue weighted by Gasteiger charge is 2.34. The van der Waals surface area contributed by atoms with E-state index in [1.807, 2.05) is 29.2 Å². The zero-order valence-electron chi connectivity index (χ0n) is 12.7. The van der Waals surface area contributed by atoms with Crippen LogP contribution in [0.15, 0.2) is 42.5 Å². The number of hydrogen-bond acceptors (Lipinski definition) is 2. The van der Waals surface area contributed by atoms with E-state index in [0.29, 0.717) is 6.42 Å². The Bertz CT molecular complexity index is 713. The molecule has 2 aliphatic rings. The normalized spacial score (nSPS) is 19.3. The number of rotatable bonds is 1. The Morgan fingerprint density at radius 2 is 1.95 bits per heavy atom. The van der Waals surface area contributed by atoms with Crippen molar-refractivity contribution in [1.29, 1.82) is 0 Å². The third-order valence-corrected chi connectivity index (χ3v) is 4.61. The maximum atomic E-state index is 13.0. The highest BCUT2D eigenvalue weighted by molar-refractivity contribution is 5.99. The molecule has 2 aliphatic heterocycles. The van der Waals surface area contributed by atoms with Crippen molar-refractivity contribution in [2.75, 3.05) is 11.4 Å². The quantitative estimate of drug-likeness (QED) is 0.807. The summed E-state index contributed by atoms with van der Waals surface area (Å²) >= 11 is 0. The van der Waals surface area contributed by atoms with Gasteiger partial charge in [0.05, 0.1) is 0 Å². The number of anilines is 1. The van der Waals surface area contributed by atoms with Crippen molar-refractivity contribution in [2.24, 2.45) is 0 Å². The van der Waals surface area contributed by atoms with Gasteiger partial charge in [0, 0.05) is 18.7 Å². The standard InChI is InChI=1S/C19H19NO2/c1-13-6-4-8-14-9-5-11-20(18(13)14)19(21)17-12-15-7-2-3-10-16(15)22-17/h2-4,6-8,10,17H,5,9,11-12H2,1H3. The lowest BCUT2D eigenvalue weighted by atomic mass is 9.97. The molecule has 0 bridgehead atoms. The second-order valence-electron chi connectivity index (χ2n) is 6.09. The summed E-state index contributed by atoms with van der Waals surface area (Å²) in [7, 11) is 0. The molecule has 0 spiro atoms. The lowest BCUT2D eigenvalue weighted by Crippen LogP contribution is -2.44. The van der Waals surface area contributed by atoms with Crippen LogP contribution in [0.3, 0.4) is 0 Å². The number of ether oxygens (including phenoxy) is 1. The van der Waals surface area contributed by atoms with Crippen LogP contribution in [-0.2, 0) is 17.6 Å². The molecule has 0 aliphatic carbocycles. The summed E-state index contributed by atoms with van der Waals surface area (Å²) in [4.78, 5) is 14.9. The summed E-state index contributed by atoms with van der Waals surface area (Å²) in [5, 5.41) is 0. The number of carbonyl (C=O) groups is 1. The van der Waals surface area contributed by atoms with Gasteiger partial charge in [-0.15, -0.1) is 0 Å². The van der Waals surface area contributed by atoms with Gasteiger partial charge >= 0.3 is 0 Å². The monoisotopic (exact) mass is 293 g/mol. The Kier molecular flexibility index (Phi) is 3.14. The van der Waals surface area contributed by atoms with Gasteiger partial charge in [-0.1, -0.05) is 36.4 Å². The molecule has 0 aromatic heterocycles. The summed E-state index contributed by atoms with van der Waals surface area (Å²) < 4.78 is 5.89. The fourth-order valence-electron chi connectivity index (χ4n) is 3.56. The second-order valence-corrected chi connectivity index (χ2v) is 6.09. The van der Waals surface area contributed by atoms with Crippen LogP contribution >= 0.6 is 0 Å². The highest BCUT2D eigenvalue weighted by atomic mass is 16.5. The van der Waals surface area contributed by atoms with Gasteiger partial charge in [-0.25, -0.2) is 0 Å². The van der Waals surface area contributed by atoms with Crippen molar-refractivity contribution in [3.05, 3.63) is 59.2 Å². The van der Waals surface area contributed by atoms with Gasteiger partial charge in [0.2, 0.25) is 0 Å². The zero-order chi connectivity index (χ0) is 15.1. The topological polar surface area (TPSA) is 29.5 Å². The summed E-state index contributed by atoms with van der Waals surface area (Å²) in [6.45, 7) is 2.86. The Morgan fingerprint density at radius 1 is 1.14 bits per heavy atom. The first-order valence-corrected chi connectivity index (χ1v) is 7.88. The number of aryl methyl sites for hydroxylation is 2. The van der Waals surface area contributed by atoms with E-state index in [1.54, 1.807) is 0 Å². The first-order chi connectivity index (χ1) is 10.7. The summed E-state index contributed by atoms with van der Waals surface area (Å²) in [6.07, 6.45) is 2.35. The van der Waals surface area contributed by atoms with Crippen LogP contribution in [0.5, 0.6) is 5.75 Å². The molecule has 3 nitrogen and oxygen atoms in total. The van der Waals surface area contributed by atoms with Gasteiger partial charge < -0.3 is 9.64 Å². The smallest absolute Gasteiger partial charge is 0.268 e. The molecule has 0 saturated carbocycles. The molecule has 1 atom stereocenters. The third kappa shape index (κ3) is 2.08. The number of para-hydroxylation sites is 2. The first kappa shape index (κ1) is 13.4. The summed E-state index contributed by atoms with van der Waals surface area (Å²) in [5.41, 5.74) is 4.66. The minimum absolute atomic E-state index is 0.0893. The van der Waals surface area contributed by atoms with Crippen molar-refractivity contribution >= 4 is 11.6 Å². The number of carbonyl (C=O) groups excluding carboxylic acids is 1. The van der Waals surface area contributed by atoms with Gasteiger partial charge in [-0.05, 0) is 42.5 Å². The molecule has 4 rings (SSSR count). The van der Waals surface area contributed by atoms with Gasteiger partial charge in [-0.3, -0.25) is 4.79 Å². The van der Waals surface area contributed by atoms with E-state index < -0.39 is 0 Å². The molecule has 112 valence electrons. The van der Waals surface area contributed by atoms with E-state index in [2.05, 4.69) is 25.1 Å². The van der Waals surface area contributed by atoms with E-state index in [-0.39, 0.29) is 12.0 Å². The highest BCUT2D eigenvalue weighted by Crippen LogP contribution is 2.34. The maximum Gasteiger partial charge on any atom is 0.268 e. The molecule has 2 heterocycles. The molecule has 2 aromatic carbocycles. The Balaban J connectivity index is 1.64. The van der Waals surface area contributed by atoms with E-state index in [4.69, 9.17) is 4.74 Å². The van der Waals surface area contributed by atoms with Crippen molar-refractivity contribution in [2.45, 2.75) is 32.3 Å². The molecule has 2 aromatic rings. The Morgan fingerprint density at radius 3 is 2.82 bits per heavy atom. The number of amides is 1. The minimum atomic E-state index is -0.386. The summed E-state index contributed by atoms with van der Waals surface area (Å²) in [6, 6.07) is 14.2. The van der Waals surface area contributed by atoms with Crippen molar-refractivity contribution in [3.8, 4) is 5.75 Å².